The zero-order valence-electron chi connectivity index (χ0n) is 23.9. The number of β-amino-alcohol motifs (C(OH)–C–C–N with tert-alkyl or cyclic N) is 1. The molecule has 6 rings (SSSR count). The van der Waals surface area contributed by atoms with Crippen molar-refractivity contribution in [1.29, 1.82) is 0 Å². The van der Waals surface area contributed by atoms with E-state index in [0.29, 0.717) is 60.7 Å². The van der Waals surface area contributed by atoms with Crippen LogP contribution >= 0.6 is 11.6 Å². The van der Waals surface area contributed by atoms with Crippen molar-refractivity contribution in [2.75, 3.05) is 32.4 Å². The van der Waals surface area contributed by atoms with Crippen LogP contribution in [0.15, 0.2) is 47.3 Å². The molecule has 0 aliphatic carbocycles. The Bertz CT molecular complexity index is 1840. The lowest BCUT2D eigenvalue weighted by Gasteiger charge is -2.33. The number of H-pyrrole nitrogens is 1. The summed E-state index contributed by atoms with van der Waals surface area (Å²) < 4.78 is 68.8. The van der Waals surface area contributed by atoms with E-state index < -0.39 is 27.9 Å². The first-order valence-electron chi connectivity index (χ1n) is 14.3. The number of benzene rings is 2. The highest BCUT2D eigenvalue weighted by molar-refractivity contribution is 7.88. The third-order valence-corrected chi connectivity index (χ3v) is 9.99. The van der Waals surface area contributed by atoms with Crippen LogP contribution in [0.5, 0.6) is 0 Å². The molecule has 2 aromatic carbocycles. The summed E-state index contributed by atoms with van der Waals surface area (Å²) in [4.78, 5) is 17.7. The van der Waals surface area contributed by atoms with Gasteiger partial charge >= 0.3 is 11.9 Å². The number of piperidine rings is 1. The smallest absolute Gasteiger partial charge is 0.390 e. The highest BCUT2D eigenvalue weighted by Gasteiger charge is 2.33. The maximum Gasteiger partial charge on any atom is 0.416 e. The Balaban J connectivity index is 1.17. The topological polar surface area (TPSA) is 116 Å². The average molecular weight is 653 g/mol. The average Bonchev–Trinajstić information content (AvgIpc) is 3.48. The maximum absolute atomic E-state index is 13.2. The van der Waals surface area contributed by atoms with Crippen molar-refractivity contribution >= 4 is 32.7 Å². The molecule has 2 aromatic heterocycles. The van der Waals surface area contributed by atoms with Gasteiger partial charge in [-0.25, -0.2) is 13.2 Å². The molecule has 236 valence electrons. The number of likely N-dealkylation sites (tertiary alicyclic amines) is 1. The minimum Gasteiger partial charge on any atom is -0.390 e. The highest BCUT2D eigenvalue weighted by atomic mass is 35.5. The number of imidazole rings is 1. The summed E-state index contributed by atoms with van der Waals surface area (Å²) in [7, 11) is -3.50. The van der Waals surface area contributed by atoms with Crippen LogP contribution in [0, 0.1) is 0 Å². The van der Waals surface area contributed by atoms with Crippen LogP contribution in [0.4, 0.5) is 13.2 Å². The molecule has 1 fully saturated rings. The third-order valence-electron chi connectivity index (χ3n) is 8.51. The number of nitrogens with one attached hydrogen (secondary N) is 1. The second-order valence-corrected chi connectivity index (χ2v) is 13.9. The van der Waals surface area contributed by atoms with E-state index in [4.69, 9.17) is 11.6 Å². The summed E-state index contributed by atoms with van der Waals surface area (Å²) in [5, 5.41) is 16.3. The molecule has 0 radical (unpaired) electrons. The summed E-state index contributed by atoms with van der Waals surface area (Å²) in [6.07, 6.45) is -2.39. The van der Waals surface area contributed by atoms with Crippen LogP contribution in [0.3, 0.4) is 0 Å². The number of fused-ring (bicyclic) bond motifs is 2. The maximum atomic E-state index is 13.2. The number of hydrogen-bond acceptors (Lipinski definition) is 6. The summed E-state index contributed by atoms with van der Waals surface area (Å²) in [6.45, 7) is 2.12. The summed E-state index contributed by atoms with van der Waals surface area (Å²) in [6, 6.07) is 9.93. The van der Waals surface area contributed by atoms with E-state index in [0.717, 1.165) is 35.1 Å². The first-order valence-corrected chi connectivity index (χ1v) is 16.5. The zero-order chi connectivity index (χ0) is 31.4. The van der Waals surface area contributed by atoms with Gasteiger partial charge in [0.1, 0.15) is 0 Å². The molecule has 0 spiro atoms. The lowest BCUT2D eigenvalue weighted by Crippen LogP contribution is -2.42. The Kier molecular flexibility index (Phi) is 8.16. The number of alkyl halides is 3. The predicted octanol–water partition coefficient (Wildman–Crippen LogP) is 3.88. The summed E-state index contributed by atoms with van der Waals surface area (Å²) in [5.41, 5.74) is 2.76. The van der Waals surface area contributed by atoms with Gasteiger partial charge in [-0.2, -0.15) is 22.6 Å². The minimum atomic E-state index is -4.48. The van der Waals surface area contributed by atoms with Gasteiger partial charge in [0.25, 0.3) is 0 Å². The molecule has 4 aromatic rings. The number of halogens is 4. The Morgan fingerprint density at radius 3 is 2.45 bits per heavy atom. The van der Waals surface area contributed by atoms with Crippen molar-refractivity contribution in [3.63, 3.8) is 0 Å². The van der Waals surface area contributed by atoms with Crippen LogP contribution in [-0.4, -0.2) is 80.6 Å². The molecule has 4 heterocycles. The van der Waals surface area contributed by atoms with E-state index in [9.17, 15) is 31.5 Å². The highest BCUT2D eigenvalue weighted by Crippen LogP contribution is 2.34. The van der Waals surface area contributed by atoms with Crippen LogP contribution in [0.2, 0.25) is 5.02 Å². The molecule has 2 aliphatic heterocycles. The van der Waals surface area contributed by atoms with E-state index >= 15 is 0 Å². The van der Waals surface area contributed by atoms with Gasteiger partial charge in [0.15, 0.2) is 0 Å². The fourth-order valence-electron chi connectivity index (χ4n) is 6.32. The zero-order valence-corrected chi connectivity index (χ0v) is 25.5. The molecular weight excluding hydrogens is 621 g/mol. The minimum absolute atomic E-state index is 0.00896. The van der Waals surface area contributed by atoms with Crippen LogP contribution in [-0.2, 0) is 35.7 Å². The molecule has 1 atom stereocenters. The molecule has 1 saturated heterocycles. The van der Waals surface area contributed by atoms with Gasteiger partial charge in [-0.05, 0) is 43.2 Å². The van der Waals surface area contributed by atoms with Gasteiger partial charge in [0.05, 0.1) is 41.2 Å². The second kappa shape index (κ2) is 11.6. The van der Waals surface area contributed by atoms with Gasteiger partial charge < -0.3 is 15.0 Å². The lowest BCUT2D eigenvalue weighted by atomic mass is 10.0. The van der Waals surface area contributed by atoms with Crippen LogP contribution in [0.1, 0.15) is 35.7 Å². The number of aromatic nitrogens is 4. The summed E-state index contributed by atoms with van der Waals surface area (Å²) in [5.74, 6) is 0. The van der Waals surface area contributed by atoms with Crippen LogP contribution < -0.4 is 5.69 Å². The second-order valence-electron chi connectivity index (χ2n) is 11.5. The molecular formula is C29H32ClF3N6O4S. The van der Waals surface area contributed by atoms with E-state index in [2.05, 4.69) is 15.0 Å². The van der Waals surface area contributed by atoms with Gasteiger partial charge in [0.2, 0.25) is 10.0 Å². The van der Waals surface area contributed by atoms with E-state index in [-0.39, 0.29) is 31.4 Å². The van der Waals surface area contributed by atoms with E-state index in [1.165, 1.54) is 16.4 Å². The van der Waals surface area contributed by atoms with E-state index in [1.807, 2.05) is 0 Å². The molecule has 44 heavy (non-hydrogen) atoms. The molecule has 10 nitrogen and oxygen atoms in total. The Morgan fingerprint density at radius 2 is 1.80 bits per heavy atom. The quantitative estimate of drug-likeness (QED) is 0.313. The number of hydrogen-bond donors (Lipinski definition) is 2. The summed E-state index contributed by atoms with van der Waals surface area (Å²) >= 11 is 6.17. The van der Waals surface area contributed by atoms with Crippen molar-refractivity contribution in [2.24, 2.45) is 0 Å². The lowest BCUT2D eigenvalue weighted by molar-refractivity contribution is -0.137. The van der Waals surface area contributed by atoms with Crippen molar-refractivity contribution in [3.05, 3.63) is 74.8 Å². The largest absolute Gasteiger partial charge is 0.416 e. The fraction of sp³-hybridized carbons (Fsp3) is 0.448. The Morgan fingerprint density at radius 1 is 1.09 bits per heavy atom. The number of aromatic amines is 1. The molecule has 2 N–H and O–H groups in total. The third kappa shape index (κ3) is 6.18. The van der Waals surface area contributed by atoms with Gasteiger partial charge in [0, 0.05) is 67.0 Å². The number of rotatable bonds is 7. The van der Waals surface area contributed by atoms with Gasteiger partial charge in [-0.3, -0.25) is 9.25 Å². The molecule has 2 aliphatic rings. The number of aliphatic hydroxyl groups excluding tert-OH is 1. The standard InChI is InChI=1S/C29H32ClF3N6O4S/c1-44(42,43)37-13-10-25-23(17-37)27(18-2-4-19(5-3-18)29(31,32)33)35-38(25)16-22(40)15-36-11-8-21(9-12-36)39-26-14-20(30)6-7-24(26)34-28(39)41/h2-7,14,21-22,40H,8-13,15-17H2,1H3,(H,34,41). The molecule has 1 unspecified atom stereocenters. The molecule has 0 bridgehead atoms. The van der Waals surface area contributed by atoms with Crippen molar-refractivity contribution in [3.8, 4) is 11.3 Å². The predicted molar refractivity (Wildman–Crippen MR) is 160 cm³/mol. The first kappa shape index (κ1) is 30.8. The molecule has 0 amide bonds. The normalized spacial score (nSPS) is 18.1. The molecule has 15 heteroatoms. The van der Waals surface area contributed by atoms with E-state index in [1.54, 1.807) is 27.4 Å². The SMILES string of the molecule is CS(=O)(=O)N1CCc2c(c(-c3ccc(C(F)(F)F)cc3)nn2CC(O)CN2CCC(n3c(=O)[nH]c4ccc(Cl)cc43)CC2)C1. The Hall–Kier alpha value is -3.17. The number of aliphatic hydroxyl groups is 1. The molecule has 0 saturated carbocycles. The van der Waals surface area contributed by atoms with Crippen molar-refractivity contribution in [1.82, 2.24) is 28.5 Å². The Labute approximate surface area is 256 Å². The number of sulfonamides is 1. The van der Waals surface area contributed by atoms with Gasteiger partial charge in [-0.15, -0.1) is 0 Å². The van der Waals surface area contributed by atoms with Crippen molar-refractivity contribution < 1.29 is 26.7 Å². The van der Waals surface area contributed by atoms with Gasteiger partial charge in [-0.1, -0.05) is 23.7 Å². The fourth-order valence-corrected chi connectivity index (χ4v) is 7.27. The van der Waals surface area contributed by atoms with Crippen molar-refractivity contribution in [2.45, 2.75) is 50.7 Å². The first-order chi connectivity index (χ1) is 20.8. The number of nitrogens with zero attached hydrogens (tertiary/aromatic N) is 5. The monoisotopic (exact) mass is 652 g/mol. The van der Waals surface area contributed by atoms with Crippen LogP contribution in [0.25, 0.3) is 22.3 Å².